The molecule has 0 saturated carbocycles. The molecule has 1 N–H and O–H groups in total. The Hall–Kier alpha value is -0.610. The second-order valence-electron chi connectivity index (χ2n) is 3.99. The predicted molar refractivity (Wildman–Crippen MR) is 57.4 cm³/mol. The van der Waals surface area contributed by atoms with Crippen LogP contribution in [-0.4, -0.2) is 11.1 Å². The standard InChI is InChI=1S/C13H14O3.Na/c14-12(15)8-10-6-3-5-9-4-1-2-7-11(9)13(10)16;/h1-2,4,7-8,13,16H,3,5-6H2,(H,14,15);/q;+1/p-1. The van der Waals surface area contributed by atoms with Gasteiger partial charge in [-0.25, -0.2) is 0 Å². The van der Waals surface area contributed by atoms with Gasteiger partial charge >= 0.3 is 29.6 Å². The number of carbonyl (C=O) groups is 1. The minimum atomic E-state index is -1.24. The van der Waals surface area contributed by atoms with Crippen LogP contribution in [0.2, 0.25) is 0 Å². The fourth-order valence-electron chi connectivity index (χ4n) is 2.15. The number of aliphatic carboxylic acids is 1. The van der Waals surface area contributed by atoms with E-state index in [0.29, 0.717) is 12.0 Å². The van der Waals surface area contributed by atoms with Crippen LogP contribution in [0.4, 0.5) is 0 Å². The average Bonchev–Trinajstić information content (AvgIpc) is 2.40. The van der Waals surface area contributed by atoms with Gasteiger partial charge in [0.15, 0.2) is 0 Å². The predicted octanol–water partition coefficient (Wildman–Crippen LogP) is -2.26. The van der Waals surface area contributed by atoms with Crippen LogP contribution >= 0.6 is 0 Å². The normalized spacial score (nSPS) is 21.2. The van der Waals surface area contributed by atoms with Crippen molar-refractivity contribution in [3.63, 3.8) is 0 Å². The van der Waals surface area contributed by atoms with E-state index in [-0.39, 0.29) is 29.6 Å². The van der Waals surface area contributed by atoms with Gasteiger partial charge in [-0.3, -0.25) is 0 Å². The van der Waals surface area contributed by atoms with E-state index in [1.165, 1.54) is 0 Å². The Morgan fingerprint density at radius 2 is 2.06 bits per heavy atom. The molecule has 0 radical (unpaired) electrons. The van der Waals surface area contributed by atoms with Crippen molar-refractivity contribution in [2.24, 2.45) is 0 Å². The van der Waals surface area contributed by atoms with Gasteiger partial charge in [-0.15, -0.1) is 0 Å². The SMILES string of the molecule is O=C([O-])C=C1CCCc2ccccc2C1O.[Na+]. The Balaban J connectivity index is 0.00000144. The summed E-state index contributed by atoms with van der Waals surface area (Å²) in [6.07, 6.45) is 2.54. The molecule has 1 unspecified atom stereocenters. The van der Waals surface area contributed by atoms with Crippen LogP contribution in [0.25, 0.3) is 0 Å². The fraction of sp³-hybridized carbons (Fsp3) is 0.308. The van der Waals surface area contributed by atoms with Crippen LogP contribution in [0.15, 0.2) is 35.9 Å². The number of carboxylic acid groups (broad SMARTS) is 1. The van der Waals surface area contributed by atoms with Gasteiger partial charge in [0.2, 0.25) is 0 Å². The quantitative estimate of drug-likeness (QED) is 0.342. The van der Waals surface area contributed by atoms with Crippen LogP contribution in [0.1, 0.15) is 30.1 Å². The molecule has 0 heterocycles. The maximum absolute atomic E-state index is 10.5. The third-order valence-electron chi connectivity index (χ3n) is 2.92. The van der Waals surface area contributed by atoms with E-state index in [2.05, 4.69) is 0 Å². The van der Waals surface area contributed by atoms with E-state index in [0.717, 1.165) is 30.0 Å². The topological polar surface area (TPSA) is 60.4 Å². The molecule has 1 aromatic carbocycles. The van der Waals surface area contributed by atoms with E-state index in [9.17, 15) is 15.0 Å². The summed E-state index contributed by atoms with van der Waals surface area (Å²) in [6, 6.07) is 7.60. The first-order valence-corrected chi connectivity index (χ1v) is 5.36. The number of carboxylic acids is 1. The fourth-order valence-corrected chi connectivity index (χ4v) is 2.15. The average molecular weight is 240 g/mol. The zero-order valence-corrected chi connectivity index (χ0v) is 11.8. The monoisotopic (exact) mass is 240 g/mol. The maximum atomic E-state index is 10.5. The molecule has 3 nitrogen and oxygen atoms in total. The summed E-state index contributed by atoms with van der Waals surface area (Å²) >= 11 is 0. The van der Waals surface area contributed by atoms with Gasteiger partial charge in [0.25, 0.3) is 0 Å². The second kappa shape index (κ2) is 6.36. The van der Waals surface area contributed by atoms with Crippen molar-refractivity contribution in [2.75, 3.05) is 0 Å². The first-order valence-electron chi connectivity index (χ1n) is 5.36. The summed E-state index contributed by atoms with van der Waals surface area (Å²) in [6.45, 7) is 0. The number of carbonyl (C=O) groups excluding carboxylic acids is 1. The summed E-state index contributed by atoms with van der Waals surface area (Å²) in [4.78, 5) is 10.5. The zero-order chi connectivity index (χ0) is 11.5. The molecule has 1 aromatic rings. The van der Waals surface area contributed by atoms with E-state index >= 15 is 0 Å². The minimum Gasteiger partial charge on any atom is -0.545 e. The zero-order valence-electron chi connectivity index (χ0n) is 9.85. The van der Waals surface area contributed by atoms with Gasteiger partial charge in [-0.1, -0.05) is 24.3 Å². The summed E-state index contributed by atoms with van der Waals surface area (Å²) in [5, 5.41) is 20.6. The molecule has 0 bridgehead atoms. The van der Waals surface area contributed by atoms with Gasteiger partial charge in [-0.05, 0) is 42.0 Å². The Kier molecular flexibility index (Phi) is 5.40. The van der Waals surface area contributed by atoms with E-state index in [1.54, 1.807) is 0 Å². The third-order valence-corrected chi connectivity index (χ3v) is 2.92. The molecule has 0 spiro atoms. The molecule has 17 heavy (non-hydrogen) atoms. The molecule has 1 aliphatic carbocycles. The smallest absolute Gasteiger partial charge is 0.545 e. The number of hydrogen-bond donors (Lipinski definition) is 1. The van der Waals surface area contributed by atoms with Crippen molar-refractivity contribution < 1.29 is 44.6 Å². The molecule has 0 aromatic heterocycles. The van der Waals surface area contributed by atoms with Crippen LogP contribution in [0.3, 0.4) is 0 Å². The number of aliphatic hydroxyl groups excluding tert-OH is 1. The first-order chi connectivity index (χ1) is 7.68. The van der Waals surface area contributed by atoms with E-state index in [1.807, 2.05) is 24.3 Å². The molecule has 0 aliphatic heterocycles. The van der Waals surface area contributed by atoms with Gasteiger partial charge in [0, 0.05) is 0 Å². The molecule has 1 aliphatic rings. The van der Waals surface area contributed by atoms with Crippen LogP contribution in [-0.2, 0) is 11.2 Å². The molecule has 84 valence electrons. The van der Waals surface area contributed by atoms with E-state index < -0.39 is 12.1 Å². The van der Waals surface area contributed by atoms with Gasteiger partial charge < -0.3 is 15.0 Å². The second-order valence-corrected chi connectivity index (χ2v) is 3.99. The van der Waals surface area contributed by atoms with Crippen LogP contribution < -0.4 is 34.7 Å². The van der Waals surface area contributed by atoms with Crippen molar-refractivity contribution in [3.8, 4) is 0 Å². The first kappa shape index (κ1) is 14.5. The molecule has 0 fully saturated rings. The summed E-state index contributed by atoms with van der Waals surface area (Å²) < 4.78 is 0. The van der Waals surface area contributed by atoms with E-state index in [4.69, 9.17) is 0 Å². The molecular formula is C13H13NaO3. The number of aryl methyl sites for hydroxylation is 1. The molecule has 2 rings (SSSR count). The molecule has 0 amide bonds. The minimum absolute atomic E-state index is 0. The van der Waals surface area contributed by atoms with Crippen molar-refractivity contribution in [1.82, 2.24) is 0 Å². The Morgan fingerprint density at radius 1 is 1.35 bits per heavy atom. The summed E-state index contributed by atoms with van der Waals surface area (Å²) in [5.74, 6) is -1.24. The van der Waals surface area contributed by atoms with Gasteiger partial charge in [0.1, 0.15) is 6.10 Å². The summed E-state index contributed by atoms with van der Waals surface area (Å²) in [7, 11) is 0. The molecule has 1 atom stereocenters. The number of benzene rings is 1. The maximum Gasteiger partial charge on any atom is 1.00 e. The number of fused-ring (bicyclic) bond motifs is 1. The van der Waals surface area contributed by atoms with Crippen molar-refractivity contribution in [1.29, 1.82) is 0 Å². The van der Waals surface area contributed by atoms with Crippen molar-refractivity contribution >= 4 is 5.97 Å². The molecule has 4 heteroatoms. The van der Waals surface area contributed by atoms with Gasteiger partial charge in [0.05, 0.1) is 5.97 Å². The van der Waals surface area contributed by atoms with Crippen LogP contribution in [0.5, 0.6) is 0 Å². The molecule has 0 saturated heterocycles. The Labute approximate surface area is 122 Å². The number of rotatable bonds is 1. The largest absolute Gasteiger partial charge is 1.00 e. The Morgan fingerprint density at radius 3 is 2.76 bits per heavy atom. The van der Waals surface area contributed by atoms with Crippen molar-refractivity contribution in [3.05, 3.63) is 47.0 Å². The third kappa shape index (κ3) is 3.42. The number of hydrogen-bond acceptors (Lipinski definition) is 3. The molecular weight excluding hydrogens is 227 g/mol. The number of aliphatic hydroxyl groups is 1. The van der Waals surface area contributed by atoms with Crippen LogP contribution in [0, 0.1) is 0 Å². The summed E-state index contributed by atoms with van der Waals surface area (Å²) in [5.41, 5.74) is 2.44. The Bertz CT molecular complexity index is 440. The van der Waals surface area contributed by atoms with Gasteiger partial charge in [-0.2, -0.15) is 0 Å². The van der Waals surface area contributed by atoms with Crippen molar-refractivity contribution in [2.45, 2.75) is 25.4 Å².